The van der Waals surface area contributed by atoms with Crippen molar-refractivity contribution >= 4 is 28.7 Å². The van der Waals surface area contributed by atoms with Crippen LogP contribution in [-0.4, -0.2) is 28.0 Å². The molecule has 0 fully saturated rings. The summed E-state index contributed by atoms with van der Waals surface area (Å²) in [5.74, 6) is -0.782. The molecule has 146 valence electrons. The fourth-order valence-electron chi connectivity index (χ4n) is 2.99. The summed E-state index contributed by atoms with van der Waals surface area (Å²) in [5.41, 5.74) is 1.23. The summed E-state index contributed by atoms with van der Waals surface area (Å²) >= 11 is 0. The number of rotatable bonds is 6. The minimum absolute atomic E-state index is 0.0141. The maximum Gasteiger partial charge on any atom is 0.342 e. The summed E-state index contributed by atoms with van der Waals surface area (Å²) in [6.07, 6.45) is 1.99. The molecular weight excluding hydrogens is 362 g/mol. The number of esters is 1. The number of carbonyl (C=O) groups excluding carboxylic acids is 2. The van der Waals surface area contributed by atoms with E-state index in [2.05, 4.69) is 10.3 Å². The van der Waals surface area contributed by atoms with Gasteiger partial charge in [-0.05, 0) is 31.9 Å². The highest BCUT2D eigenvalue weighted by Gasteiger charge is 2.24. The number of nitrogens with zero attached hydrogens (tertiary/aromatic N) is 2. The lowest BCUT2D eigenvalue weighted by molar-refractivity contribution is -0.116. The summed E-state index contributed by atoms with van der Waals surface area (Å²) in [7, 11) is 0. The first-order valence-corrected chi connectivity index (χ1v) is 8.99. The third kappa shape index (κ3) is 3.66. The molecule has 0 atom stereocenters. The van der Waals surface area contributed by atoms with Crippen molar-refractivity contribution in [1.29, 1.82) is 0 Å². The van der Waals surface area contributed by atoms with Gasteiger partial charge in [0.15, 0.2) is 0 Å². The molecule has 1 N–H and O–H groups in total. The Morgan fingerprint density at radius 2 is 2.00 bits per heavy atom. The highest BCUT2D eigenvalue weighted by atomic mass is 16.5. The number of aryl methyl sites for hydroxylation is 2. The van der Waals surface area contributed by atoms with Gasteiger partial charge >= 0.3 is 5.97 Å². The van der Waals surface area contributed by atoms with Crippen LogP contribution >= 0.6 is 0 Å². The summed E-state index contributed by atoms with van der Waals surface area (Å²) in [4.78, 5) is 41.6. The lowest BCUT2D eigenvalue weighted by atomic mass is 10.1. The SMILES string of the molecule is CCOC(=O)c1c(C)oc2ncn(CC(=O)Nc3ccccc3CC)c(=O)c12. The molecule has 28 heavy (non-hydrogen) atoms. The molecule has 0 aliphatic heterocycles. The Bertz CT molecular complexity index is 1100. The van der Waals surface area contributed by atoms with E-state index in [9.17, 15) is 14.4 Å². The molecule has 0 aliphatic carbocycles. The van der Waals surface area contributed by atoms with E-state index in [1.807, 2.05) is 25.1 Å². The number of anilines is 1. The van der Waals surface area contributed by atoms with Crippen molar-refractivity contribution in [3.05, 3.63) is 57.8 Å². The molecule has 2 heterocycles. The molecule has 8 nitrogen and oxygen atoms in total. The number of hydrogen-bond donors (Lipinski definition) is 1. The van der Waals surface area contributed by atoms with E-state index in [-0.39, 0.29) is 41.5 Å². The summed E-state index contributed by atoms with van der Waals surface area (Å²) in [6.45, 7) is 5.15. The van der Waals surface area contributed by atoms with Gasteiger partial charge in [0.25, 0.3) is 5.56 Å². The van der Waals surface area contributed by atoms with Gasteiger partial charge in [0.05, 0.1) is 6.61 Å². The largest absolute Gasteiger partial charge is 0.462 e. The first-order chi connectivity index (χ1) is 13.5. The molecule has 0 saturated carbocycles. The van der Waals surface area contributed by atoms with Gasteiger partial charge in [0, 0.05) is 5.69 Å². The number of furan rings is 1. The Morgan fingerprint density at radius 3 is 2.71 bits per heavy atom. The van der Waals surface area contributed by atoms with Crippen molar-refractivity contribution in [1.82, 2.24) is 9.55 Å². The molecular formula is C20H21N3O5. The van der Waals surface area contributed by atoms with Gasteiger partial charge in [0.1, 0.15) is 29.6 Å². The Balaban J connectivity index is 1.92. The number of amides is 1. The van der Waals surface area contributed by atoms with Crippen LogP contribution in [0.4, 0.5) is 5.69 Å². The van der Waals surface area contributed by atoms with Gasteiger partial charge in [-0.2, -0.15) is 0 Å². The van der Waals surface area contributed by atoms with Gasteiger partial charge in [-0.3, -0.25) is 14.2 Å². The molecule has 0 unspecified atom stereocenters. The third-order valence-electron chi connectivity index (χ3n) is 4.32. The third-order valence-corrected chi connectivity index (χ3v) is 4.32. The van der Waals surface area contributed by atoms with E-state index < -0.39 is 11.5 Å². The normalized spacial score (nSPS) is 10.8. The number of ether oxygens (including phenoxy) is 1. The van der Waals surface area contributed by atoms with Crippen molar-refractivity contribution in [2.45, 2.75) is 33.7 Å². The second kappa shape index (κ2) is 8.08. The van der Waals surface area contributed by atoms with Crippen molar-refractivity contribution < 1.29 is 18.7 Å². The molecule has 3 aromatic rings. The number of aromatic nitrogens is 2. The number of fused-ring (bicyclic) bond motifs is 1. The average Bonchev–Trinajstić information content (AvgIpc) is 3.01. The zero-order valence-corrected chi connectivity index (χ0v) is 15.9. The van der Waals surface area contributed by atoms with E-state index >= 15 is 0 Å². The quantitative estimate of drug-likeness (QED) is 0.657. The minimum atomic E-state index is -0.656. The predicted molar refractivity (Wildman–Crippen MR) is 103 cm³/mol. The maximum absolute atomic E-state index is 12.9. The fraction of sp³-hybridized carbons (Fsp3) is 0.300. The predicted octanol–water partition coefficient (Wildman–Crippen LogP) is 2.68. The van der Waals surface area contributed by atoms with Crippen LogP contribution in [0.2, 0.25) is 0 Å². The molecule has 0 aliphatic rings. The number of benzene rings is 1. The second-order valence-corrected chi connectivity index (χ2v) is 6.17. The Hall–Kier alpha value is -3.42. The Morgan fingerprint density at radius 1 is 1.25 bits per heavy atom. The van der Waals surface area contributed by atoms with Crippen LogP contribution in [0.1, 0.15) is 35.5 Å². The van der Waals surface area contributed by atoms with Gasteiger partial charge in [-0.25, -0.2) is 9.78 Å². The lowest BCUT2D eigenvalue weighted by Gasteiger charge is -2.10. The summed E-state index contributed by atoms with van der Waals surface area (Å²) in [5, 5.41) is 2.82. The standard InChI is InChI=1S/C20H21N3O5/c1-4-13-8-6-7-9-14(13)22-15(24)10-23-11-21-18-17(19(23)25)16(12(3)28-18)20(26)27-5-2/h6-9,11H,4-5,10H2,1-3H3,(H,22,24). The molecule has 0 spiro atoms. The van der Waals surface area contributed by atoms with Crippen LogP contribution in [-0.2, 0) is 22.5 Å². The molecule has 1 amide bonds. The van der Waals surface area contributed by atoms with Gasteiger partial charge in [-0.15, -0.1) is 0 Å². The highest BCUT2D eigenvalue weighted by Crippen LogP contribution is 2.22. The average molecular weight is 383 g/mol. The van der Waals surface area contributed by atoms with Crippen molar-refractivity contribution in [3.63, 3.8) is 0 Å². The number of hydrogen-bond acceptors (Lipinski definition) is 6. The van der Waals surface area contributed by atoms with Gasteiger partial charge in [0.2, 0.25) is 11.6 Å². The first-order valence-electron chi connectivity index (χ1n) is 8.99. The smallest absolute Gasteiger partial charge is 0.342 e. The number of carbonyl (C=O) groups is 2. The molecule has 1 aromatic carbocycles. The number of nitrogens with one attached hydrogen (secondary N) is 1. The van der Waals surface area contributed by atoms with Crippen LogP contribution in [0.15, 0.2) is 39.8 Å². The summed E-state index contributed by atoms with van der Waals surface area (Å²) < 4.78 is 11.6. The van der Waals surface area contributed by atoms with E-state index in [1.54, 1.807) is 19.9 Å². The minimum Gasteiger partial charge on any atom is -0.462 e. The van der Waals surface area contributed by atoms with Crippen molar-refractivity contribution in [2.24, 2.45) is 0 Å². The van der Waals surface area contributed by atoms with Crippen LogP contribution in [0.5, 0.6) is 0 Å². The van der Waals surface area contributed by atoms with Crippen LogP contribution in [0.25, 0.3) is 11.1 Å². The molecule has 8 heteroatoms. The zero-order valence-electron chi connectivity index (χ0n) is 15.9. The number of para-hydroxylation sites is 1. The highest BCUT2D eigenvalue weighted by molar-refractivity contribution is 6.03. The molecule has 0 bridgehead atoms. The lowest BCUT2D eigenvalue weighted by Crippen LogP contribution is -2.28. The monoisotopic (exact) mass is 383 g/mol. The fourth-order valence-corrected chi connectivity index (χ4v) is 2.99. The van der Waals surface area contributed by atoms with Gasteiger partial charge in [-0.1, -0.05) is 25.1 Å². The van der Waals surface area contributed by atoms with Crippen LogP contribution in [0, 0.1) is 6.92 Å². The van der Waals surface area contributed by atoms with Gasteiger partial charge < -0.3 is 14.5 Å². The van der Waals surface area contributed by atoms with E-state index in [1.165, 1.54) is 6.33 Å². The van der Waals surface area contributed by atoms with Crippen molar-refractivity contribution in [2.75, 3.05) is 11.9 Å². The molecule has 3 rings (SSSR count). The van der Waals surface area contributed by atoms with E-state index in [4.69, 9.17) is 9.15 Å². The maximum atomic E-state index is 12.9. The molecule has 0 radical (unpaired) electrons. The second-order valence-electron chi connectivity index (χ2n) is 6.17. The Kier molecular flexibility index (Phi) is 5.58. The van der Waals surface area contributed by atoms with Crippen LogP contribution < -0.4 is 10.9 Å². The van der Waals surface area contributed by atoms with Crippen LogP contribution in [0.3, 0.4) is 0 Å². The zero-order chi connectivity index (χ0) is 20.3. The summed E-state index contributed by atoms with van der Waals surface area (Å²) in [6, 6.07) is 7.46. The van der Waals surface area contributed by atoms with E-state index in [0.717, 1.165) is 16.6 Å². The Labute approximate surface area is 161 Å². The molecule has 0 saturated heterocycles. The first kappa shape index (κ1) is 19.3. The molecule has 2 aromatic heterocycles. The van der Waals surface area contributed by atoms with Crippen molar-refractivity contribution in [3.8, 4) is 0 Å². The van der Waals surface area contributed by atoms with E-state index in [0.29, 0.717) is 5.69 Å². The topological polar surface area (TPSA) is 103 Å².